The van der Waals surface area contributed by atoms with Gasteiger partial charge in [0.25, 0.3) is 0 Å². The molecule has 0 spiro atoms. The quantitative estimate of drug-likeness (QED) is 0.882. The number of nitrogens with one attached hydrogen (secondary N) is 1. The summed E-state index contributed by atoms with van der Waals surface area (Å²) in [6, 6.07) is 4.12. The molecule has 1 aliphatic heterocycles. The minimum atomic E-state index is -0.339. The molecule has 3 heterocycles. The Kier molecular flexibility index (Phi) is 4.28. The van der Waals surface area contributed by atoms with Crippen molar-refractivity contribution in [1.82, 2.24) is 14.9 Å². The highest BCUT2D eigenvalue weighted by molar-refractivity contribution is 5.81. The van der Waals surface area contributed by atoms with Crippen molar-refractivity contribution in [2.24, 2.45) is 11.7 Å². The van der Waals surface area contributed by atoms with Gasteiger partial charge in [0.05, 0.1) is 5.92 Å². The lowest BCUT2D eigenvalue weighted by molar-refractivity contribution is -0.140. The van der Waals surface area contributed by atoms with E-state index in [1.165, 1.54) is 10.9 Å². The van der Waals surface area contributed by atoms with Crippen molar-refractivity contribution in [1.29, 1.82) is 0 Å². The lowest BCUT2D eigenvalue weighted by Crippen LogP contribution is -2.54. The Labute approximate surface area is 149 Å². The molecule has 5 heteroatoms. The first-order chi connectivity index (χ1) is 12.1. The molecule has 1 aliphatic carbocycles. The first kappa shape index (κ1) is 16.6. The number of aromatic nitrogens is 2. The summed E-state index contributed by atoms with van der Waals surface area (Å²) >= 11 is 0. The Morgan fingerprint density at radius 2 is 2.12 bits per heavy atom. The highest BCUT2D eigenvalue weighted by atomic mass is 16.2. The minimum absolute atomic E-state index is 0.00455. The van der Waals surface area contributed by atoms with Crippen molar-refractivity contribution >= 4 is 16.9 Å². The molecular formula is C20H28N4O. The minimum Gasteiger partial charge on any atom is -0.346 e. The van der Waals surface area contributed by atoms with Gasteiger partial charge in [-0.3, -0.25) is 4.79 Å². The Bertz CT molecular complexity index is 758. The molecule has 1 amide bonds. The Morgan fingerprint density at radius 3 is 2.88 bits per heavy atom. The van der Waals surface area contributed by atoms with Crippen molar-refractivity contribution < 1.29 is 4.79 Å². The molecule has 0 radical (unpaired) electrons. The molecule has 2 unspecified atom stereocenters. The summed E-state index contributed by atoms with van der Waals surface area (Å²) in [5, 5.41) is 1.22. The Balaban J connectivity index is 1.44. The Morgan fingerprint density at radius 1 is 1.32 bits per heavy atom. The van der Waals surface area contributed by atoms with E-state index in [-0.39, 0.29) is 17.4 Å². The second-order valence-electron chi connectivity index (χ2n) is 8.05. The lowest BCUT2D eigenvalue weighted by atomic mass is 9.73. The molecule has 2 fully saturated rings. The number of fused-ring (bicyclic) bond motifs is 1. The van der Waals surface area contributed by atoms with E-state index in [4.69, 9.17) is 5.73 Å². The normalized spacial score (nSPS) is 28.4. The van der Waals surface area contributed by atoms with E-state index in [1.54, 1.807) is 0 Å². The number of likely N-dealkylation sites (tertiary alicyclic amines) is 1. The van der Waals surface area contributed by atoms with Crippen LogP contribution in [0.3, 0.4) is 0 Å². The third-order valence-electron chi connectivity index (χ3n) is 6.28. The smallest absolute Gasteiger partial charge is 0.227 e. The molecule has 3 N–H and O–H groups in total. The van der Waals surface area contributed by atoms with Gasteiger partial charge in [-0.15, -0.1) is 0 Å². The SMILES string of the molecule is CC1(N)CCCCC1C(=O)N1CCC(c2c[nH]c3ncccc23)CC1. The molecule has 134 valence electrons. The third kappa shape index (κ3) is 3.06. The van der Waals surface area contributed by atoms with E-state index in [0.29, 0.717) is 5.92 Å². The van der Waals surface area contributed by atoms with Gasteiger partial charge in [-0.2, -0.15) is 0 Å². The van der Waals surface area contributed by atoms with Gasteiger partial charge >= 0.3 is 0 Å². The molecule has 4 rings (SSSR count). The summed E-state index contributed by atoms with van der Waals surface area (Å²) in [7, 11) is 0. The summed E-state index contributed by atoms with van der Waals surface area (Å²) in [5.41, 5.74) is 8.40. The zero-order valence-corrected chi connectivity index (χ0v) is 15.0. The van der Waals surface area contributed by atoms with Gasteiger partial charge in [0.2, 0.25) is 5.91 Å². The van der Waals surface area contributed by atoms with Crippen LogP contribution in [0.25, 0.3) is 11.0 Å². The molecule has 0 aromatic carbocycles. The van der Waals surface area contributed by atoms with Crippen molar-refractivity contribution in [2.75, 3.05) is 13.1 Å². The zero-order chi connectivity index (χ0) is 17.4. The molecule has 2 aliphatic rings. The maximum absolute atomic E-state index is 13.0. The summed E-state index contributed by atoms with van der Waals surface area (Å²) in [5.74, 6) is 0.774. The number of piperidine rings is 1. The molecule has 0 bridgehead atoms. The van der Waals surface area contributed by atoms with Gasteiger partial charge in [-0.05, 0) is 56.2 Å². The van der Waals surface area contributed by atoms with Crippen LogP contribution in [0.5, 0.6) is 0 Å². The van der Waals surface area contributed by atoms with Crippen molar-refractivity contribution in [3.05, 3.63) is 30.1 Å². The average Bonchev–Trinajstić information content (AvgIpc) is 3.05. The second-order valence-corrected chi connectivity index (χ2v) is 8.05. The summed E-state index contributed by atoms with van der Waals surface area (Å²) in [6.07, 6.45) is 10.1. The number of carbonyl (C=O) groups excluding carboxylic acids is 1. The fraction of sp³-hybridized carbons (Fsp3) is 0.600. The predicted molar refractivity (Wildman–Crippen MR) is 99.2 cm³/mol. The number of hydrogen-bond acceptors (Lipinski definition) is 3. The first-order valence-corrected chi connectivity index (χ1v) is 9.56. The van der Waals surface area contributed by atoms with Crippen LogP contribution in [-0.2, 0) is 4.79 Å². The van der Waals surface area contributed by atoms with Crippen LogP contribution in [0.2, 0.25) is 0 Å². The van der Waals surface area contributed by atoms with E-state index in [9.17, 15) is 4.79 Å². The number of amides is 1. The second kappa shape index (κ2) is 6.45. The van der Waals surface area contributed by atoms with Gasteiger partial charge < -0.3 is 15.6 Å². The monoisotopic (exact) mass is 340 g/mol. The third-order valence-corrected chi connectivity index (χ3v) is 6.28. The Hall–Kier alpha value is -1.88. The molecule has 2 atom stereocenters. The highest BCUT2D eigenvalue weighted by Gasteiger charge is 2.40. The predicted octanol–water partition coefficient (Wildman–Crippen LogP) is 3.18. The largest absolute Gasteiger partial charge is 0.346 e. The van der Waals surface area contributed by atoms with Gasteiger partial charge in [0, 0.05) is 36.4 Å². The number of hydrogen-bond donors (Lipinski definition) is 2. The topological polar surface area (TPSA) is 75.0 Å². The van der Waals surface area contributed by atoms with Gasteiger partial charge in [-0.1, -0.05) is 12.8 Å². The van der Waals surface area contributed by atoms with E-state index < -0.39 is 0 Å². The number of carbonyl (C=O) groups is 1. The fourth-order valence-electron chi connectivity index (χ4n) is 4.71. The summed E-state index contributed by atoms with van der Waals surface area (Å²) < 4.78 is 0. The van der Waals surface area contributed by atoms with Gasteiger partial charge in [0.15, 0.2) is 0 Å². The zero-order valence-electron chi connectivity index (χ0n) is 15.0. The van der Waals surface area contributed by atoms with Crippen molar-refractivity contribution in [3.63, 3.8) is 0 Å². The molecule has 5 nitrogen and oxygen atoms in total. The molecular weight excluding hydrogens is 312 g/mol. The van der Waals surface area contributed by atoms with Crippen LogP contribution in [-0.4, -0.2) is 39.4 Å². The van der Waals surface area contributed by atoms with Crippen molar-refractivity contribution in [3.8, 4) is 0 Å². The van der Waals surface area contributed by atoms with Crippen LogP contribution >= 0.6 is 0 Å². The van der Waals surface area contributed by atoms with Gasteiger partial charge in [0.1, 0.15) is 5.65 Å². The van der Waals surface area contributed by atoms with E-state index >= 15 is 0 Å². The molecule has 1 saturated carbocycles. The molecule has 1 saturated heterocycles. The summed E-state index contributed by atoms with van der Waals surface area (Å²) in [4.78, 5) is 22.7. The van der Waals surface area contributed by atoms with Crippen LogP contribution in [0.15, 0.2) is 24.5 Å². The molecule has 25 heavy (non-hydrogen) atoms. The maximum atomic E-state index is 13.0. The number of rotatable bonds is 2. The van der Waals surface area contributed by atoms with E-state index in [1.807, 2.05) is 12.3 Å². The number of pyridine rings is 1. The van der Waals surface area contributed by atoms with Crippen LogP contribution in [0.4, 0.5) is 0 Å². The standard InChI is InChI=1S/C20H28N4O/c1-20(21)9-3-2-6-17(20)19(25)24-11-7-14(8-12-24)16-13-23-18-15(16)5-4-10-22-18/h4-5,10,13-14,17H,2-3,6-9,11-12,21H2,1H3,(H,22,23). The maximum Gasteiger partial charge on any atom is 0.227 e. The summed E-state index contributed by atoms with van der Waals surface area (Å²) in [6.45, 7) is 3.73. The molecule has 2 aromatic rings. The van der Waals surface area contributed by atoms with Gasteiger partial charge in [-0.25, -0.2) is 4.98 Å². The number of aromatic amines is 1. The average molecular weight is 340 g/mol. The highest BCUT2D eigenvalue weighted by Crippen LogP contribution is 2.36. The fourth-order valence-corrected chi connectivity index (χ4v) is 4.71. The van der Waals surface area contributed by atoms with Crippen LogP contribution < -0.4 is 5.73 Å². The van der Waals surface area contributed by atoms with E-state index in [2.05, 4.69) is 34.1 Å². The molecule has 2 aromatic heterocycles. The number of nitrogens with two attached hydrogens (primary N) is 1. The number of H-pyrrole nitrogens is 1. The van der Waals surface area contributed by atoms with Crippen molar-refractivity contribution in [2.45, 2.75) is 56.9 Å². The van der Waals surface area contributed by atoms with E-state index in [0.717, 1.165) is 57.3 Å². The number of nitrogens with zero attached hydrogens (tertiary/aromatic N) is 2. The lowest BCUT2D eigenvalue weighted by Gasteiger charge is -2.41. The van der Waals surface area contributed by atoms with Crippen LogP contribution in [0.1, 0.15) is 56.9 Å². The first-order valence-electron chi connectivity index (χ1n) is 9.56. The van der Waals surface area contributed by atoms with Crippen LogP contribution in [0, 0.1) is 5.92 Å².